The third-order valence-corrected chi connectivity index (χ3v) is 12.8. The highest BCUT2D eigenvalue weighted by Crippen LogP contribution is 2.47. The van der Waals surface area contributed by atoms with Gasteiger partial charge in [-0.1, -0.05) is 133 Å². The normalized spacial score (nSPS) is 12.4. The molecule has 0 radical (unpaired) electrons. The second-order valence-corrected chi connectivity index (χ2v) is 15.6. The van der Waals surface area contributed by atoms with Crippen molar-refractivity contribution in [3.05, 3.63) is 170 Å². The summed E-state index contributed by atoms with van der Waals surface area (Å²) in [6.07, 6.45) is 0. The van der Waals surface area contributed by atoms with Crippen LogP contribution in [0.5, 0.6) is 0 Å². The molecule has 0 fully saturated rings. The molecule has 5 aromatic heterocycles. The van der Waals surface area contributed by atoms with Gasteiger partial charge in [-0.15, -0.1) is 11.3 Å². The SMILES string of the molecule is c1ccc(-c2ccc(-c3nc(-n4c5ccccc5c5c6c7ccccc7n7c8cc9ccccc9cc8c(cc54)c67)nc4c3sc3ccccc34)cc2)cc1. The zero-order chi connectivity index (χ0) is 35.8. The number of hydrogen-bond donors (Lipinski definition) is 0. The first-order valence-corrected chi connectivity index (χ1v) is 19.5. The van der Waals surface area contributed by atoms with Crippen LogP contribution in [0.25, 0.3) is 119 Å². The van der Waals surface area contributed by atoms with Crippen molar-refractivity contribution in [3.63, 3.8) is 0 Å². The number of hydrogen-bond acceptors (Lipinski definition) is 3. The van der Waals surface area contributed by atoms with Gasteiger partial charge in [-0.25, -0.2) is 9.97 Å². The summed E-state index contributed by atoms with van der Waals surface area (Å²) in [7, 11) is 0. The highest BCUT2D eigenvalue weighted by Gasteiger charge is 2.26. The minimum absolute atomic E-state index is 0.677. The average molecular weight is 717 g/mol. The maximum atomic E-state index is 5.55. The molecule has 5 heterocycles. The van der Waals surface area contributed by atoms with Crippen molar-refractivity contribution in [2.75, 3.05) is 0 Å². The van der Waals surface area contributed by atoms with Crippen LogP contribution in [0.4, 0.5) is 0 Å². The first kappa shape index (κ1) is 29.4. The fourth-order valence-electron chi connectivity index (χ4n) is 9.24. The van der Waals surface area contributed by atoms with Gasteiger partial charge in [-0.05, 0) is 58.3 Å². The lowest BCUT2D eigenvalue weighted by atomic mass is 10.0. The Balaban J connectivity index is 1.18. The van der Waals surface area contributed by atoms with E-state index in [0.29, 0.717) is 5.95 Å². The van der Waals surface area contributed by atoms with E-state index in [-0.39, 0.29) is 0 Å². The Morgan fingerprint density at radius 2 is 1.05 bits per heavy atom. The molecule has 254 valence electrons. The van der Waals surface area contributed by atoms with Gasteiger partial charge in [0.05, 0.1) is 43.5 Å². The molecule has 0 amide bonds. The van der Waals surface area contributed by atoms with E-state index in [9.17, 15) is 0 Å². The molecule has 55 heavy (non-hydrogen) atoms. The van der Waals surface area contributed by atoms with Crippen LogP contribution in [0, 0.1) is 0 Å². The van der Waals surface area contributed by atoms with E-state index in [1.807, 2.05) is 0 Å². The fourth-order valence-corrected chi connectivity index (χ4v) is 10.4. The lowest BCUT2D eigenvalue weighted by Crippen LogP contribution is -2.02. The Labute approximate surface area is 318 Å². The minimum atomic E-state index is 0.677. The van der Waals surface area contributed by atoms with Gasteiger partial charge >= 0.3 is 0 Å². The first-order valence-electron chi connectivity index (χ1n) is 18.7. The lowest BCUT2D eigenvalue weighted by molar-refractivity contribution is 1.02. The van der Waals surface area contributed by atoms with Crippen molar-refractivity contribution in [2.24, 2.45) is 0 Å². The van der Waals surface area contributed by atoms with Gasteiger partial charge in [0.1, 0.15) is 0 Å². The van der Waals surface area contributed by atoms with Crippen molar-refractivity contribution >= 4 is 102 Å². The summed E-state index contributed by atoms with van der Waals surface area (Å²) in [6.45, 7) is 0. The summed E-state index contributed by atoms with van der Waals surface area (Å²) in [6, 6.07) is 61.5. The minimum Gasteiger partial charge on any atom is -0.308 e. The van der Waals surface area contributed by atoms with Gasteiger partial charge in [0, 0.05) is 48.0 Å². The first-order chi connectivity index (χ1) is 27.3. The Hall–Kier alpha value is -7.08. The van der Waals surface area contributed by atoms with Gasteiger partial charge in [-0.3, -0.25) is 4.57 Å². The van der Waals surface area contributed by atoms with E-state index in [4.69, 9.17) is 9.97 Å². The maximum Gasteiger partial charge on any atom is 0.235 e. The molecular formula is C50H28N4S. The molecule has 4 nitrogen and oxygen atoms in total. The van der Waals surface area contributed by atoms with E-state index in [1.165, 1.54) is 75.5 Å². The van der Waals surface area contributed by atoms with E-state index in [0.717, 1.165) is 37.9 Å². The molecule has 0 unspecified atom stereocenters. The lowest BCUT2D eigenvalue weighted by Gasteiger charge is -2.11. The molecule has 0 aliphatic rings. The van der Waals surface area contributed by atoms with Crippen molar-refractivity contribution in [2.45, 2.75) is 0 Å². The zero-order valence-corrected chi connectivity index (χ0v) is 30.2. The number of thiophene rings is 1. The van der Waals surface area contributed by atoms with Crippen LogP contribution in [0.2, 0.25) is 0 Å². The number of fused-ring (bicyclic) bond motifs is 14. The predicted octanol–water partition coefficient (Wildman–Crippen LogP) is 13.6. The molecule has 0 saturated heterocycles. The van der Waals surface area contributed by atoms with E-state index < -0.39 is 0 Å². The van der Waals surface area contributed by atoms with E-state index >= 15 is 0 Å². The van der Waals surface area contributed by atoms with Gasteiger partial charge < -0.3 is 4.40 Å². The summed E-state index contributed by atoms with van der Waals surface area (Å²) in [4.78, 5) is 11.1. The fraction of sp³-hybridized carbons (Fsp3) is 0. The molecule has 0 bridgehead atoms. The summed E-state index contributed by atoms with van der Waals surface area (Å²) in [5, 5.41) is 11.1. The molecular weight excluding hydrogens is 689 g/mol. The molecule has 0 saturated carbocycles. The van der Waals surface area contributed by atoms with Crippen LogP contribution < -0.4 is 0 Å². The molecule has 0 atom stereocenters. The van der Waals surface area contributed by atoms with Crippen LogP contribution in [0.1, 0.15) is 0 Å². The van der Waals surface area contributed by atoms with Gasteiger partial charge in [0.25, 0.3) is 0 Å². The molecule has 5 heteroatoms. The molecule has 8 aromatic carbocycles. The third-order valence-electron chi connectivity index (χ3n) is 11.6. The molecule has 0 N–H and O–H groups in total. The van der Waals surface area contributed by atoms with Crippen LogP contribution in [-0.2, 0) is 0 Å². The van der Waals surface area contributed by atoms with Crippen LogP contribution in [0.15, 0.2) is 170 Å². The largest absolute Gasteiger partial charge is 0.308 e. The maximum absolute atomic E-state index is 5.55. The molecule has 13 aromatic rings. The monoisotopic (exact) mass is 716 g/mol. The molecule has 0 spiro atoms. The summed E-state index contributed by atoms with van der Waals surface area (Å²) in [5.41, 5.74) is 11.3. The Morgan fingerprint density at radius 3 is 1.87 bits per heavy atom. The smallest absolute Gasteiger partial charge is 0.235 e. The van der Waals surface area contributed by atoms with Gasteiger partial charge in [-0.2, -0.15) is 0 Å². The van der Waals surface area contributed by atoms with Gasteiger partial charge in [0.15, 0.2) is 0 Å². The highest BCUT2D eigenvalue weighted by atomic mass is 32.1. The standard InChI is InChI=1S/C50H28N4S/c1-2-12-29(13-3-1)30-22-24-31(25-23-30)46-49-47(36-18-8-11-21-43(36)55-49)52-50(51-46)54-40-20-10-6-16-34(40)44-42(54)28-38-37-26-32-14-4-5-15-33(32)27-41(37)53-39-19-9-7-17-35(39)45(44)48(38)53/h1-28H. The summed E-state index contributed by atoms with van der Waals surface area (Å²) >= 11 is 1.77. The predicted molar refractivity (Wildman–Crippen MR) is 232 cm³/mol. The topological polar surface area (TPSA) is 35.1 Å². The van der Waals surface area contributed by atoms with Crippen molar-refractivity contribution < 1.29 is 0 Å². The highest BCUT2D eigenvalue weighted by molar-refractivity contribution is 7.26. The van der Waals surface area contributed by atoms with Crippen molar-refractivity contribution in [1.82, 2.24) is 18.9 Å². The quantitative estimate of drug-likeness (QED) is 0.182. The second kappa shape index (κ2) is 10.8. The number of para-hydroxylation sites is 2. The Bertz CT molecular complexity index is 3700. The molecule has 13 rings (SSSR count). The number of rotatable bonds is 3. The Morgan fingerprint density at radius 1 is 0.418 bits per heavy atom. The van der Waals surface area contributed by atoms with Crippen LogP contribution in [-0.4, -0.2) is 18.9 Å². The van der Waals surface area contributed by atoms with Crippen LogP contribution >= 0.6 is 11.3 Å². The Kier molecular flexibility index (Phi) is 5.74. The number of nitrogens with zero attached hydrogens (tertiary/aromatic N) is 4. The van der Waals surface area contributed by atoms with Crippen LogP contribution in [0.3, 0.4) is 0 Å². The third kappa shape index (κ3) is 3.94. The second-order valence-electron chi connectivity index (χ2n) is 14.6. The summed E-state index contributed by atoms with van der Waals surface area (Å²) < 4.78 is 7.12. The zero-order valence-electron chi connectivity index (χ0n) is 29.4. The van der Waals surface area contributed by atoms with Crippen molar-refractivity contribution in [3.8, 4) is 28.3 Å². The van der Waals surface area contributed by atoms with Crippen molar-refractivity contribution in [1.29, 1.82) is 0 Å². The molecule has 0 aliphatic carbocycles. The van der Waals surface area contributed by atoms with E-state index in [2.05, 4.69) is 179 Å². The molecule has 0 aliphatic heterocycles. The van der Waals surface area contributed by atoms with E-state index in [1.54, 1.807) is 11.3 Å². The number of benzene rings is 8. The van der Waals surface area contributed by atoms with Gasteiger partial charge in [0.2, 0.25) is 5.95 Å². The summed E-state index contributed by atoms with van der Waals surface area (Å²) in [5.74, 6) is 0.677. The average Bonchev–Trinajstić information content (AvgIpc) is 3.98. The number of aromatic nitrogens is 4.